The van der Waals surface area contributed by atoms with Gasteiger partial charge in [0.25, 0.3) is 0 Å². The highest BCUT2D eigenvalue weighted by Gasteiger charge is 2.36. The Morgan fingerprint density at radius 1 is 1.00 bits per heavy atom. The number of carbonyl (C=O) groups excluding carboxylic acids is 2. The molecule has 8 heteroatoms. The average Bonchev–Trinajstić information content (AvgIpc) is 3.20. The number of nitrogens with one attached hydrogen (secondary N) is 1. The van der Waals surface area contributed by atoms with E-state index < -0.39 is 29.2 Å². The summed E-state index contributed by atoms with van der Waals surface area (Å²) in [6.45, 7) is 7.18. The summed E-state index contributed by atoms with van der Waals surface area (Å²) in [6, 6.07) is 19.3. The van der Waals surface area contributed by atoms with E-state index in [1.54, 1.807) is 30.3 Å². The Morgan fingerprint density at radius 2 is 1.66 bits per heavy atom. The molecule has 0 aliphatic rings. The van der Waals surface area contributed by atoms with Crippen LogP contribution in [-0.4, -0.2) is 32.3 Å². The molecule has 4 rings (SSSR count). The van der Waals surface area contributed by atoms with Crippen molar-refractivity contribution in [2.45, 2.75) is 45.8 Å². The van der Waals surface area contributed by atoms with Gasteiger partial charge in [-0.05, 0) is 57.5 Å². The van der Waals surface area contributed by atoms with Gasteiger partial charge in [0.2, 0.25) is 11.8 Å². The lowest BCUT2D eigenvalue weighted by molar-refractivity contribution is -0.128. The summed E-state index contributed by atoms with van der Waals surface area (Å²) in [5, 5.41) is 11.2. The third-order valence-corrected chi connectivity index (χ3v) is 5.55. The van der Waals surface area contributed by atoms with Gasteiger partial charge in [-0.25, -0.2) is 9.07 Å². The number of hydrogen-bond acceptors (Lipinski definition) is 4. The summed E-state index contributed by atoms with van der Waals surface area (Å²) in [6.07, 6.45) is 0. The average molecular weight is 474 g/mol. The Bertz CT molecular complexity index is 1380. The minimum absolute atomic E-state index is 0.106. The maximum Gasteiger partial charge on any atom is 0.249 e. The highest BCUT2D eigenvalue weighted by atomic mass is 19.1. The molecular formula is C27H28FN5O2. The monoisotopic (exact) mass is 473 g/mol. The largest absolute Gasteiger partial charge is 0.349 e. The Kier molecular flexibility index (Phi) is 6.64. The van der Waals surface area contributed by atoms with Crippen LogP contribution in [0.1, 0.15) is 37.9 Å². The number of halogens is 1. The number of fused-ring (bicyclic) bond motifs is 1. The topological polar surface area (TPSA) is 80.1 Å². The lowest BCUT2D eigenvalue weighted by atomic mass is 9.99. The van der Waals surface area contributed by atoms with Crippen molar-refractivity contribution in [3.05, 3.63) is 89.7 Å². The molecule has 0 bridgehead atoms. The Labute approximate surface area is 203 Å². The normalized spacial score (nSPS) is 12.4. The van der Waals surface area contributed by atoms with E-state index in [4.69, 9.17) is 0 Å². The maximum absolute atomic E-state index is 15.1. The zero-order valence-corrected chi connectivity index (χ0v) is 20.2. The highest BCUT2D eigenvalue weighted by molar-refractivity contribution is 6.02. The lowest BCUT2D eigenvalue weighted by Crippen LogP contribution is -2.50. The lowest BCUT2D eigenvalue weighted by Gasteiger charge is -2.34. The second-order valence-corrected chi connectivity index (χ2v) is 9.45. The number of hydrogen-bond donors (Lipinski definition) is 1. The molecule has 0 aliphatic carbocycles. The van der Waals surface area contributed by atoms with Crippen molar-refractivity contribution in [1.29, 1.82) is 0 Å². The first kappa shape index (κ1) is 24.1. The van der Waals surface area contributed by atoms with E-state index >= 15 is 4.39 Å². The quantitative estimate of drug-likeness (QED) is 0.445. The number of aryl methyl sites for hydroxylation is 1. The van der Waals surface area contributed by atoms with Crippen LogP contribution in [0, 0.1) is 12.7 Å². The molecule has 2 amide bonds. The summed E-state index contributed by atoms with van der Waals surface area (Å²) in [5.41, 5.74) is 2.14. The molecule has 0 spiro atoms. The van der Waals surface area contributed by atoms with Crippen LogP contribution in [0.2, 0.25) is 0 Å². The zero-order chi connectivity index (χ0) is 25.2. The standard InChI is InChI=1S/C27H28FN5O2/c1-18-11-5-9-15-22(18)33(24(34)17-32-23-16-10-8-14-21(23)30-31-32)25(26(35)29-27(2,3)4)19-12-6-7-13-20(19)28/h5-16,25H,17H2,1-4H3,(H,29,35). The van der Waals surface area contributed by atoms with Gasteiger partial charge in [0.05, 0.1) is 5.52 Å². The molecule has 1 N–H and O–H groups in total. The molecule has 3 aromatic carbocycles. The SMILES string of the molecule is Cc1ccccc1N(C(=O)Cn1nnc2ccccc21)C(C(=O)NC(C)(C)C)c1ccccc1F. The molecule has 1 unspecified atom stereocenters. The molecule has 0 aliphatic heterocycles. The fourth-order valence-corrected chi connectivity index (χ4v) is 4.02. The van der Waals surface area contributed by atoms with E-state index in [9.17, 15) is 9.59 Å². The van der Waals surface area contributed by atoms with E-state index in [0.29, 0.717) is 16.7 Å². The van der Waals surface area contributed by atoms with Gasteiger partial charge in [-0.1, -0.05) is 53.7 Å². The van der Waals surface area contributed by atoms with E-state index in [1.807, 2.05) is 58.0 Å². The van der Waals surface area contributed by atoms with Crippen LogP contribution in [0.4, 0.5) is 10.1 Å². The van der Waals surface area contributed by atoms with Crippen molar-refractivity contribution in [3.63, 3.8) is 0 Å². The number of amides is 2. The van der Waals surface area contributed by atoms with E-state index in [1.165, 1.54) is 21.7 Å². The molecule has 0 radical (unpaired) electrons. The number of carbonyl (C=O) groups is 2. The van der Waals surface area contributed by atoms with Gasteiger partial charge in [-0.3, -0.25) is 14.5 Å². The predicted octanol–water partition coefficient (Wildman–Crippen LogP) is 4.57. The van der Waals surface area contributed by atoms with Gasteiger partial charge in [-0.2, -0.15) is 0 Å². The van der Waals surface area contributed by atoms with Crippen LogP contribution in [0.3, 0.4) is 0 Å². The molecule has 180 valence electrons. The number of para-hydroxylation sites is 2. The third-order valence-electron chi connectivity index (χ3n) is 5.55. The molecule has 4 aromatic rings. The first-order valence-corrected chi connectivity index (χ1v) is 11.4. The molecule has 0 fully saturated rings. The van der Waals surface area contributed by atoms with Crippen molar-refractivity contribution in [1.82, 2.24) is 20.3 Å². The van der Waals surface area contributed by atoms with Crippen LogP contribution in [0.5, 0.6) is 0 Å². The van der Waals surface area contributed by atoms with Gasteiger partial charge < -0.3 is 5.32 Å². The molecule has 1 aromatic heterocycles. The molecule has 1 atom stereocenters. The molecule has 35 heavy (non-hydrogen) atoms. The summed E-state index contributed by atoms with van der Waals surface area (Å²) >= 11 is 0. The second-order valence-electron chi connectivity index (χ2n) is 9.45. The van der Waals surface area contributed by atoms with Crippen molar-refractivity contribution in [2.75, 3.05) is 4.90 Å². The smallest absolute Gasteiger partial charge is 0.249 e. The Morgan fingerprint density at radius 3 is 2.37 bits per heavy atom. The van der Waals surface area contributed by atoms with Crippen LogP contribution in [-0.2, 0) is 16.1 Å². The Balaban J connectivity index is 1.85. The van der Waals surface area contributed by atoms with Gasteiger partial charge >= 0.3 is 0 Å². The highest BCUT2D eigenvalue weighted by Crippen LogP contribution is 2.32. The molecular weight excluding hydrogens is 445 g/mol. The Hall–Kier alpha value is -4.07. The fourth-order valence-electron chi connectivity index (χ4n) is 4.02. The van der Waals surface area contributed by atoms with Crippen LogP contribution in [0.25, 0.3) is 11.0 Å². The van der Waals surface area contributed by atoms with E-state index in [-0.39, 0.29) is 12.1 Å². The van der Waals surface area contributed by atoms with Crippen molar-refractivity contribution >= 4 is 28.5 Å². The molecule has 7 nitrogen and oxygen atoms in total. The van der Waals surface area contributed by atoms with Crippen molar-refractivity contribution in [2.24, 2.45) is 0 Å². The number of aromatic nitrogens is 3. The minimum Gasteiger partial charge on any atom is -0.349 e. The number of benzene rings is 3. The zero-order valence-electron chi connectivity index (χ0n) is 20.2. The van der Waals surface area contributed by atoms with Crippen LogP contribution >= 0.6 is 0 Å². The molecule has 1 heterocycles. The van der Waals surface area contributed by atoms with Crippen molar-refractivity contribution in [3.8, 4) is 0 Å². The number of anilines is 1. The van der Waals surface area contributed by atoms with Gasteiger partial charge in [0, 0.05) is 16.8 Å². The number of nitrogens with zero attached hydrogens (tertiary/aromatic N) is 4. The fraction of sp³-hybridized carbons (Fsp3) is 0.259. The summed E-state index contributed by atoms with van der Waals surface area (Å²) in [5.74, 6) is -1.48. The summed E-state index contributed by atoms with van der Waals surface area (Å²) in [7, 11) is 0. The molecule has 0 saturated carbocycles. The minimum atomic E-state index is -1.24. The van der Waals surface area contributed by atoms with E-state index in [0.717, 1.165) is 5.56 Å². The maximum atomic E-state index is 15.1. The summed E-state index contributed by atoms with van der Waals surface area (Å²) < 4.78 is 16.6. The number of rotatable bonds is 6. The first-order chi connectivity index (χ1) is 16.7. The summed E-state index contributed by atoms with van der Waals surface area (Å²) in [4.78, 5) is 29.0. The van der Waals surface area contributed by atoms with Crippen LogP contribution < -0.4 is 10.2 Å². The van der Waals surface area contributed by atoms with E-state index in [2.05, 4.69) is 15.6 Å². The second kappa shape index (κ2) is 9.66. The third kappa shape index (κ3) is 5.21. The molecule has 0 saturated heterocycles. The predicted molar refractivity (Wildman–Crippen MR) is 133 cm³/mol. The van der Waals surface area contributed by atoms with Gasteiger partial charge in [-0.15, -0.1) is 5.10 Å². The van der Waals surface area contributed by atoms with Gasteiger partial charge in [0.1, 0.15) is 23.9 Å². The van der Waals surface area contributed by atoms with Crippen LogP contribution in [0.15, 0.2) is 72.8 Å². The first-order valence-electron chi connectivity index (χ1n) is 11.4. The van der Waals surface area contributed by atoms with Gasteiger partial charge in [0.15, 0.2) is 0 Å². The van der Waals surface area contributed by atoms with Crippen molar-refractivity contribution < 1.29 is 14.0 Å².